The highest BCUT2D eigenvalue weighted by molar-refractivity contribution is 5.82. The van der Waals surface area contributed by atoms with E-state index in [9.17, 15) is 41.4 Å². The lowest BCUT2D eigenvalue weighted by Gasteiger charge is -2.26. The van der Waals surface area contributed by atoms with Gasteiger partial charge in [-0.2, -0.15) is 26.3 Å². The molecule has 0 radical (unpaired) electrons. The normalized spacial score (nSPS) is 23.6. The number of likely N-dealkylation sites (tertiary alicyclic amines) is 2. The smallest absolute Gasteiger partial charge is 0.383 e. The molecule has 2 aliphatic heterocycles. The Balaban J connectivity index is 0.000000216. The summed E-state index contributed by atoms with van der Waals surface area (Å²) in [5, 5.41) is 18.6. The molecule has 2 unspecified atom stereocenters. The number of nitrogens with zero attached hydrogens (tertiary/aromatic N) is 2. The zero-order valence-corrected chi connectivity index (χ0v) is 21.7. The first-order chi connectivity index (χ1) is 18.2. The van der Waals surface area contributed by atoms with Crippen LogP contribution in [-0.2, 0) is 4.79 Å². The zero-order valence-electron chi connectivity index (χ0n) is 21.7. The van der Waals surface area contributed by atoms with Gasteiger partial charge in [0.1, 0.15) is 0 Å². The number of hydrogen-bond donors (Lipinski definition) is 2. The van der Waals surface area contributed by atoms with Crippen LogP contribution in [0.15, 0.2) is 60.7 Å². The van der Waals surface area contributed by atoms with Gasteiger partial charge in [0.25, 0.3) is 0 Å². The summed E-state index contributed by atoms with van der Waals surface area (Å²) >= 11 is 0. The summed E-state index contributed by atoms with van der Waals surface area (Å²) < 4.78 is 75.0. The lowest BCUT2D eigenvalue weighted by molar-refractivity contribution is -0.218. The van der Waals surface area contributed by atoms with E-state index < -0.39 is 42.3 Å². The number of aliphatic hydroxyl groups excluding tert-OH is 2. The zero-order chi connectivity index (χ0) is 29.0. The van der Waals surface area contributed by atoms with E-state index in [4.69, 9.17) is 0 Å². The number of rotatable bonds is 6. The van der Waals surface area contributed by atoms with Gasteiger partial charge in [-0.1, -0.05) is 60.7 Å². The molecule has 39 heavy (non-hydrogen) atoms. The van der Waals surface area contributed by atoms with Gasteiger partial charge in [0, 0.05) is 25.0 Å². The third-order valence-electron chi connectivity index (χ3n) is 7.61. The van der Waals surface area contributed by atoms with Crippen LogP contribution < -0.4 is 0 Å². The molecule has 0 spiro atoms. The number of carbonyl (C=O) groups is 1. The predicted octanol–water partition coefficient (Wildman–Crippen LogP) is 5.51. The molecule has 4 rings (SSSR count). The lowest BCUT2D eigenvalue weighted by atomic mass is 10.0. The fraction of sp³-hybridized carbons (Fsp3) is 0.536. The molecule has 0 bridgehead atoms. The van der Waals surface area contributed by atoms with Gasteiger partial charge in [0.05, 0.1) is 12.0 Å². The van der Waals surface area contributed by atoms with Crippen LogP contribution in [0.5, 0.6) is 0 Å². The van der Waals surface area contributed by atoms with E-state index in [0.29, 0.717) is 13.0 Å². The van der Waals surface area contributed by atoms with Gasteiger partial charge >= 0.3 is 12.4 Å². The Hall–Kier alpha value is -2.63. The third-order valence-corrected chi connectivity index (χ3v) is 7.61. The molecule has 6 atom stereocenters. The van der Waals surface area contributed by atoms with Crippen molar-refractivity contribution in [3.63, 3.8) is 0 Å². The fourth-order valence-electron chi connectivity index (χ4n) is 5.18. The Bertz CT molecular complexity index is 1050. The SMILES string of the molecule is C[C@H](c1ccccc1)N1CCC(C(O)C(F)(F)F)C1=O.C[C@H](c1ccccc1)N1CC[C@@H]([C@H](O)C(F)(F)F)C1. The van der Waals surface area contributed by atoms with E-state index >= 15 is 0 Å². The van der Waals surface area contributed by atoms with E-state index in [2.05, 4.69) is 0 Å². The van der Waals surface area contributed by atoms with Crippen molar-refractivity contribution in [1.29, 1.82) is 0 Å². The number of hydrogen-bond acceptors (Lipinski definition) is 4. The molecule has 216 valence electrons. The first kappa shape index (κ1) is 30.9. The van der Waals surface area contributed by atoms with E-state index in [0.717, 1.165) is 11.1 Å². The van der Waals surface area contributed by atoms with Gasteiger partial charge in [0.2, 0.25) is 5.91 Å². The van der Waals surface area contributed by atoms with Crippen LogP contribution in [0.4, 0.5) is 26.3 Å². The highest BCUT2D eigenvalue weighted by Gasteiger charge is 2.50. The predicted molar refractivity (Wildman–Crippen MR) is 133 cm³/mol. The van der Waals surface area contributed by atoms with Crippen molar-refractivity contribution in [3.05, 3.63) is 71.8 Å². The highest BCUT2D eigenvalue weighted by Crippen LogP contribution is 2.36. The molecule has 2 aromatic carbocycles. The highest BCUT2D eigenvalue weighted by atomic mass is 19.4. The second-order valence-corrected chi connectivity index (χ2v) is 10.1. The molecular formula is C28H34F6N2O3. The van der Waals surface area contributed by atoms with Crippen molar-refractivity contribution in [2.45, 2.75) is 63.3 Å². The molecule has 2 fully saturated rings. The second-order valence-electron chi connectivity index (χ2n) is 10.1. The summed E-state index contributed by atoms with van der Waals surface area (Å²) in [5.74, 6) is -2.74. The Kier molecular flexibility index (Phi) is 10.1. The number of benzene rings is 2. The van der Waals surface area contributed by atoms with Crippen molar-refractivity contribution < 1.29 is 41.4 Å². The summed E-state index contributed by atoms with van der Waals surface area (Å²) in [6.07, 6.45) is -13.7. The summed E-state index contributed by atoms with van der Waals surface area (Å²) in [7, 11) is 0. The van der Waals surface area contributed by atoms with Gasteiger partial charge < -0.3 is 15.1 Å². The Morgan fingerprint density at radius 1 is 0.744 bits per heavy atom. The average molecular weight is 561 g/mol. The summed E-state index contributed by atoms with van der Waals surface area (Å²) in [4.78, 5) is 15.5. The minimum absolute atomic E-state index is 0.0245. The van der Waals surface area contributed by atoms with Crippen molar-refractivity contribution in [1.82, 2.24) is 9.80 Å². The van der Waals surface area contributed by atoms with E-state index in [-0.39, 0.29) is 31.6 Å². The molecule has 1 amide bonds. The van der Waals surface area contributed by atoms with E-state index in [1.165, 1.54) is 4.90 Å². The molecule has 2 aromatic rings. The van der Waals surface area contributed by atoms with Gasteiger partial charge in [0.15, 0.2) is 12.2 Å². The minimum atomic E-state index is -4.76. The molecule has 0 aromatic heterocycles. The second kappa shape index (κ2) is 12.7. The lowest BCUT2D eigenvalue weighted by Crippen LogP contribution is -2.41. The molecule has 11 heteroatoms. The average Bonchev–Trinajstić information content (AvgIpc) is 3.54. The number of halogens is 6. The van der Waals surface area contributed by atoms with E-state index in [1.807, 2.05) is 72.5 Å². The summed E-state index contributed by atoms with van der Waals surface area (Å²) in [6.45, 7) is 4.87. The molecule has 0 saturated carbocycles. The van der Waals surface area contributed by atoms with Crippen LogP contribution in [0.3, 0.4) is 0 Å². The maximum atomic E-state index is 12.5. The summed E-state index contributed by atoms with van der Waals surface area (Å²) in [5.41, 5.74) is 1.95. The van der Waals surface area contributed by atoms with Gasteiger partial charge in [-0.3, -0.25) is 9.69 Å². The minimum Gasteiger partial charge on any atom is -0.383 e. The topological polar surface area (TPSA) is 64.0 Å². The van der Waals surface area contributed by atoms with Crippen LogP contribution in [0, 0.1) is 11.8 Å². The Labute approximate surface area is 224 Å². The maximum absolute atomic E-state index is 12.5. The van der Waals surface area contributed by atoms with Crippen molar-refractivity contribution >= 4 is 5.91 Å². The van der Waals surface area contributed by atoms with Crippen LogP contribution in [0.1, 0.15) is 49.9 Å². The number of aliphatic hydroxyl groups is 2. The van der Waals surface area contributed by atoms with Crippen molar-refractivity contribution in [2.24, 2.45) is 11.8 Å². The molecule has 2 N–H and O–H groups in total. The van der Waals surface area contributed by atoms with Crippen LogP contribution in [-0.4, -0.2) is 70.1 Å². The monoisotopic (exact) mass is 560 g/mol. The Morgan fingerprint density at radius 3 is 1.72 bits per heavy atom. The molecule has 5 nitrogen and oxygen atoms in total. The van der Waals surface area contributed by atoms with Crippen LogP contribution >= 0.6 is 0 Å². The van der Waals surface area contributed by atoms with E-state index in [1.54, 1.807) is 6.92 Å². The standard InChI is InChI=1S/C14H16F3NO2.C14H18F3NO/c1-9(10-5-3-2-4-6-10)18-8-7-11(13(18)20)12(19)14(15,16)17;1-10(11-5-3-2-4-6-11)18-8-7-12(9-18)13(19)14(15,16)17/h2-6,9,11-12,19H,7-8H2,1H3;2-6,10,12-13,19H,7-9H2,1H3/t9-,11?,12?;10-,12-,13+/m11/s1. The first-order valence-electron chi connectivity index (χ1n) is 12.9. The molecular weight excluding hydrogens is 526 g/mol. The fourth-order valence-corrected chi connectivity index (χ4v) is 5.18. The van der Waals surface area contributed by atoms with Gasteiger partial charge in [-0.05, 0) is 44.4 Å². The first-order valence-corrected chi connectivity index (χ1v) is 12.9. The van der Waals surface area contributed by atoms with Crippen molar-refractivity contribution in [3.8, 4) is 0 Å². The third kappa shape index (κ3) is 7.73. The molecule has 2 saturated heterocycles. The quantitative estimate of drug-likeness (QED) is 0.458. The Morgan fingerprint density at radius 2 is 1.23 bits per heavy atom. The number of carbonyl (C=O) groups excluding carboxylic acids is 1. The van der Waals surface area contributed by atoms with Gasteiger partial charge in [-0.15, -0.1) is 0 Å². The molecule has 2 aliphatic rings. The maximum Gasteiger partial charge on any atom is 0.415 e. The van der Waals surface area contributed by atoms with Crippen LogP contribution in [0.25, 0.3) is 0 Å². The van der Waals surface area contributed by atoms with Gasteiger partial charge in [-0.25, -0.2) is 0 Å². The number of amides is 1. The largest absolute Gasteiger partial charge is 0.415 e. The van der Waals surface area contributed by atoms with Crippen LogP contribution in [0.2, 0.25) is 0 Å². The molecule has 0 aliphatic carbocycles. The summed E-state index contributed by atoms with van der Waals surface area (Å²) in [6, 6.07) is 18.6. The molecule has 2 heterocycles. The van der Waals surface area contributed by atoms with Crippen molar-refractivity contribution in [2.75, 3.05) is 19.6 Å². The number of alkyl halides is 6.